The molecule has 116 valence electrons. The second-order valence-corrected chi connectivity index (χ2v) is 4.89. The molecule has 0 saturated carbocycles. The molecule has 0 radical (unpaired) electrons. The van der Waals surface area contributed by atoms with Crippen LogP contribution in [0.2, 0.25) is 0 Å². The lowest BCUT2D eigenvalue weighted by Crippen LogP contribution is -2.40. The molecule has 2 rings (SSSR count). The highest BCUT2D eigenvalue weighted by Gasteiger charge is 2.26. The molecule has 7 nitrogen and oxygen atoms in total. The minimum atomic E-state index is -1.05. The van der Waals surface area contributed by atoms with Gasteiger partial charge in [0.05, 0.1) is 17.5 Å². The van der Waals surface area contributed by atoms with Crippen LogP contribution >= 0.6 is 0 Å². The topological polar surface area (TPSA) is 88.3 Å². The smallest absolute Gasteiger partial charge is 0.326 e. The van der Waals surface area contributed by atoms with Gasteiger partial charge in [0.15, 0.2) is 5.82 Å². The van der Waals surface area contributed by atoms with Gasteiger partial charge in [0.25, 0.3) is 5.91 Å². The van der Waals surface area contributed by atoms with E-state index in [2.05, 4.69) is 10.1 Å². The maximum atomic E-state index is 12.5. The van der Waals surface area contributed by atoms with Crippen molar-refractivity contribution in [2.24, 2.45) is 0 Å². The van der Waals surface area contributed by atoms with Crippen molar-refractivity contribution in [2.45, 2.75) is 26.3 Å². The number of carboxylic acid groups (broad SMARTS) is 1. The molecule has 1 amide bonds. The monoisotopic (exact) mass is 302 g/mol. The highest BCUT2D eigenvalue weighted by molar-refractivity contribution is 5.97. The molecule has 0 aliphatic heterocycles. The van der Waals surface area contributed by atoms with Crippen molar-refractivity contribution in [3.63, 3.8) is 0 Å². The molecule has 0 aliphatic rings. The summed E-state index contributed by atoms with van der Waals surface area (Å²) >= 11 is 0. The van der Waals surface area contributed by atoms with Gasteiger partial charge in [0.2, 0.25) is 0 Å². The Balaban J connectivity index is 2.39. The summed E-state index contributed by atoms with van der Waals surface area (Å²) in [6.07, 6.45) is 3.68. The van der Waals surface area contributed by atoms with Gasteiger partial charge in [-0.2, -0.15) is 5.10 Å². The quantitative estimate of drug-likeness (QED) is 0.901. The fourth-order valence-electron chi connectivity index (χ4n) is 2.10. The summed E-state index contributed by atoms with van der Waals surface area (Å²) in [4.78, 5) is 29.0. The number of hydrogen-bond donors (Lipinski definition) is 1. The summed E-state index contributed by atoms with van der Waals surface area (Å²) < 4.78 is 1.60. The number of carboxylic acids is 1. The van der Waals surface area contributed by atoms with E-state index < -0.39 is 12.0 Å². The highest BCUT2D eigenvalue weighted by atomic mass is 16.4. The minimum absolute atomic E-state index is 0.367. The Kier molecular flexibility index (Phi) is 4.55. The molecule has 1 N–H and O–H groups in total. The molecule has 0 saturated heterocycles. The van der Waals surface area contributed by atoms with E-state index in [1.807, 2.05) is 13.0 Å². The third-order valence-electron chi connectivity index (χ3n) is 3.56. The number of pyridine rings is 1. The van der Waals surface area contributed by atoms with Gasteiger partial charge in [0, 0.05) is 13.2 Å². The van der Waals surface area contributed by atoms with E-state index in [0.29, 0.717) is 23.5 Å². The van der Waals surface area contributed by atoms with E-state index in [4.69, 9.17) is 5.11 Å². The third kappa shape index (κ3) is 2.83. The predicted molar refractivity (Wildman–Crippen MR) is 79.9 cm³/mol. The van der Waals surface area contributed by atoms with Crippen molar-refractivity contribution < 1.29 is 14.7 Å². The van der Waals surface area contributed by atoms with Crippen LogP contribution in [0.15, 0.2) is 30.6 Å². The molecular formula is C15H18N4O3. The molecule has 0 bridgehead atoms. The Hall–Kier alpha value is -2.70. The molecule has 22 heavy (non-hydrogen) atoms. The highest BCUT2D eigenvalue weighted by Crippen LogP contribution is 2.16. The van der Waals surface area contributed by atoms with E-state index in [1.165, 1.54) is 25.1 Å². The van der Waals surface area contributed by atoms with Crippen molar-refractivity contribution in [3.05, 3.63) is 41.9 Å². The standard InChI is InChI=1S/C15H18N4O3/c1-4-12-11(14(20)18(3)10(2)15(21)22)9-17-19(12)13-7-5-6-8-16-13/h5-10H,4H2,1-3H3,(H,21,22). The molecule has 0 spiro atoms. The summed E-state index contributed by atoms with van der Waals surface area (Å²) in [5.74, 6) is -0.799. The van der Waals surface area contributed by atoms with Gasteiger partial charge in [-0.25, -0.2) is 14.5 Å². The maximum Gasteiger partial charge on any atom is 0.326 e. The van der Waals surface area contributed by atoms with Crippen LogP contribution in [-0.4, -0.2) is 49.7 Å². The normalized spacial score (nSPS) is 12.0. The Labute approximate surface area is 128 Å². The number of likely N-dealkylation sites (N-methyl/N-ethyl adjacent to an activating group) is 1. The molecule has 2 aromatic rings. The van der Waals surface area contributed by atoms with Gasteiger partial charge in [0.1, 0.15) is 6.04 Å². The summed E-state index contributed by atoms with van der Waals surface area (Å²) in [6.45, 7) is 3.38. The van der Waals surface area contributed by atoms with Crippen molar-refractivity contribution >= 4 is 11.9 Å². The van der Waals surface area contributed by atoms with Gasteiger partial charge >= 0.3 is 5.97 Å². The van der Waals surface area contributed by atoms with Crippen LogP contribution in [0.5, 0.6) is 0 Å². The number of hydrogen-bond acceptors (Lipinski definition) is 4. The van der Waals surface area contributed by atoms with Crippen molar-refractivity contribution in [3.8, 4) is 5.82 Å². The number of aliphatic carboxylic acids is 1. The van der Waals surface area contributed by atoms with E-state index in [9.17, 15) is 9.59 Å². The van der Waals surface area contributed by atoms with Crippen LogP contribution in [0.3, 0.4) is 0 Å². The first kappa shape index (κ1) is 15.7. The fourth-order valence-corrected chi connectivity index (χ4v) is 2.10. The Morgan fingerprint density at radius 2 is 2.14 bits per heavy atom. The van der Waals surface area contributed by atoms with Crippen LogP contribution in [0.1, 0.15) is 29.9 Å². The van der Waals surface area contributed by atoms with E-state index in [0.717, 1.165) is 0 Å². The lowest BCUT2D eigenvalue weighted by atomic mass is 10.1. The van der Waals surface area contributed by atoms with Gasteiger partial charge in [-0.15, -0.1) is 0 Å². The summed E-state index contributed by atoms with van der Waals surface area (Å²) in [5.41, 5.74) is 1.09. The second kappa shape index (κ2) is 6.38. The van der Waals surface area contributed by atoms with Crippen LogP contribution in [0.4, 0.5) is 0 Å². The molecule has 2 heterocycles. The number of aromatic nitrogens is 3. The number of nitrogens with zero attached hydrogens (tertiary/aromatic N) is 4. The van der Waals surface area contributed by atoms with E-state index >= 15 is 0 Å². The van der Waals surface area contributed by atoms with Crippen LogP contribution < -0.4 is 0 Å². The molecule has 1 atom stereocenters. The van der Waals surface area contributed by atoms with Crippen LogP contribution in [-0.2, 0) is 11.2 Å². The average Bonchev–Trinajstić information content (AvgIpc) is 2.97. The van der Waals surface area contributed by atoms with Crippen molar-refractivity contribution in [1.82, 2.24) is 19.7 Å². The molecule has 0 aliphatic carbocycles. The number of rotatable bonds is 5. The lowest BCUT2D eigenvalue weighted by Gasteiger charge is -2.21. The Morgan fingerprint density at radius 1 is 1.41 bits per heavy atom. The molecule has 7 heteroatoms. The van der Waals surface area contributed by atoms with Crippen LogP contribution in [0, 0.1) is 0 Å². The number of carbonyl (C=O) groups is 2. The fraction of sp³-hybridized carbons (Fsp3) is 0.333. The van der Waals surface area contributed by atoms with E-state index in [1.54, 1.807) is 23.0 Å². The molecular weight excluding hydrogens is 284 g/mol. The summed E-state index contributed by atoms with van der Waals surface area (Å²) in [7, 11) is 1.47. The van der Waals surface area contributed by atoms with E-state index in [-0.39, 0.29) is 5.91 Å². The lowest BCUT2D eigenvalue weighted by molar-refractivity contribution is -0.141. The molecule has 0 fully saturated rings. The van der Waals surface area contributed by atoms with Crippen molar-refractivity contribution in [2.75, 3.05) is 7.05 Å². The first-order valence-corrected chi connectivity index (χ1v) is 6.95. The average molecular weight is 302 g/mol. The molecule has 1 unspecified atom stereocenters. The Morgan fingerprint density at radius 3 is 2.68 bits per heavy atom. The minimum Gasteiger partial charge on any atom is -0.480 e. The zero-order chi connectivity index (χ0) is 16.3. The second-order valence-electron chi connectivity index (χ2n) is 4.89. The maximum absolute atomic E-state index is 12.5. The van der Waals surface area contributed by atoms with Gasteiger partial charge in [-0.3, -0.25) is 4.79 Å². The first-order chi connectivity index (χ1) is 10.5. The third-order valence-corrected chi connectivity index (χ3v) is 3.56. The van der Waals surface area contributed by atoms with Crippen molar-refractivity contribution in [1.29, 1.82) is 0 Å². The number of amides is 1. The summed E-state index contributed by atoms with van der Waals surface area (Å²) in [5, 5.41) is 13.3. The zero-order valence-electron chi connectivity index (χ0n) is 12.7. The van der Waals surface area contributed by atoms with Crippen LogP contribution in [0.25, 0.3) is 5.82 Å². The predicted octanol–water partition coefficient (Wildman–Crippen LogP) is 1.37. The van der Waals surface area contributed by atoms with Gasteiger partial charge in [-0.05, 0) is 25.5 Å². The number of carbonyl (C=O) groups excluding carboxylic acids is 1. The largest absolute Gasteiger partial charge is 0.480 e. The molecule has 2 aromatic heterocycles. The SMILES string of the molecule is CCc1c(C(=O)N(C)C(C)C(=O)O)cnn1-c1ccccn1. The Bertz CT molecular complexity index is 681. The summed E-state index contributed by atoms with van der Waals surface area (Å²) in [6, 6.07) is 4.52. The van der Waals surface area contributed by atoms with Gasteiger partial charge in [-0.1, -0.05) is 13.0 Å². The first-order valence-electron chi connectivity index (χ1n) is 6.95. The zero-order valence-corrected chi connectivity index (χ0v) is 12.7. The van der Waals surface area contributed by atoms with Gasteiger partial charge < -0.3 is 10.0 Å². The molecule has 0 aromatic carbocycles.